The summed E-state index contributed by atoms with van der Waals surface area (Å²) in [6, 6.07) is 0. The first-order valence-electron chi connectivity index (χ1n) is 11.6. The Balaban J connectivity index is 1.44. The van der Waals surface area contributed by atoms with Crippen LogP contribution in [0, 0.1) is 40.4 Å². The molecule has 26 heavy (non-hydrogen) atoms. The van der Waals surface area contributed by atoms with Crippen molar-refractivity contribution in [3.8, 4) is 0 Å². The molecular formula is C25H42O. The number of fused-ring (bicyclic) bond motifs is 5. The fraction of sp³-hybridized carbons (Fsp3) is 0.920. The van der Waals surface area contributed by atoms with Crippen molar-refractivity contribution >= 4 is 0 Å². The van der Waals surface area contributed by atoms with Gasteiger partial charge in [-0.15, -0.1) is 0 Å². The van der Waals surface area contributed by atoms with Crippen LogP contribution in [0.2, 0.25) is 0 Å². The molecule has 1 heteroatoms. The van der Waals surface area contributed by atoms with E-state index in [0.29, 0.717) is 10.8 Å². The quantitative estimate of drug-likeness (QED) is 0.553. The SMILES string of the molecule is CC(C)(C)CCC[C@H]1CCC2C3CC=C4C[C@@H](O)CC[C@@H]4C3CC[C@@]21C. The second-order valence-corrected chi connectivity index (χ2v) is 11.8. The molecule has 0 spiro atoms. The predicted molar refractivity (Wildman–Crippen MR) is 110 cm³/mol. The van der Waals surface area contributed by atoms with Gasteiger partial charge in [-0.2, -0.15) is 0 Å². The molecule has 148 valence electrons. The molecule has 3 unspecified atom stereocenters. The Labute approximate surface area is 162 Å². The van der Waals surface area contributed by atoms with Gasteiger partial charge in [-0.3, -0.25) is 0 Å². The zero-order chi connectivity index (χ0) is 18.5. The fourth-order valence-corrected chi connectivity index (χ4v) is 7.71. The van der Waals surface area contributed by atoms with Gasteiger partial charge in [-0.05, 0) is 105 Å². The van der Waals surface area contributed by atoms with Crippen LogP contribution in [-0.2, 0) is 0 Å². The van der Waals surface area contributed by atoms with E-state index in [-0.39, 0.29) is 6.10 Å². The Morgan fingerprint density at radius 2 is 1.88 bits per heavy atom. The Bertz CT molecular complexity index is 541. The van der Waals surface area contributed by atoms with Crippen LogP contribution in [0.1, 0.15) is 98.3 Å². The maximum Gasteiger partial charge on any atom is 0.0577 e. The lowest BCUT2D eigenvalue weighted by atomic mass is 9.51. The highest BCUT2D eigenvalue weighted by atomic mass is 16.3. The third-order valence-corrected chi connectivity index (χ3v) is 9.10. The zero-order valence-corrected chi connectivity index (χ0v) is 17.8. The predicted octanol–water partition coefficient (Wildman–Crippen LogP) is 6.75. The molecule has 0 amide bonds. The largest absolute Gasteiger partial charge is 0.393 e. The molecule has 0 aromatic heterocycles. The molecule has 0 aliphatic heterocycles. The van der Waals surface area contributed by atoms with Gasteiger partial charge in [0.15, 0.2) is 0 Å². The van der Waals surface area contributed by atoms with Gasteiger partial charge in [0.05, 0.1) is 6.10 Å². The van der Waals surface area contributed by atoms with Crippen LogP contribution < -0.4 is 0 Å². The average Bonchev–Trinajstić information content (AvgIpc) is 2.90. The second kappa shape index (κ2) is 6.94. The maximum absolute atomic E-state index is 10.1. The minimum Gasteiger partial charge on any atom is -0.393 e. The lowest BCUT2D eigenvalue weighted by Gasteiger charge is -2.54. The molecule has 0 saturated heterocycles. The first kappa shape index (κ1) is 19.0. The molecule has 4 rings (SSSR count). The lowest BCUT2D eigenvalue weighted by Crippen LogP contribution is -2.46. The van der Waals surface area contributed by atoms with E-state index < -0.39 is 0 Å². The van der Waals surface area contributed by atoms with Gasteiger partial charge >= 0.3 is 0 Å². The monoisotopic (exact) mass is 358 g/mol. The van der Waals surface area contributed by atoms with Crippen LogP contribution in [0.5, 0.6) is 0 Å². The standard InChI is InChI=1S/C25H42O/c1-24(2,3)14-5-6-18-8-12-23-22-10-7-17-16-19(26)9-11-20(17)21(22)13-15-25(18,23)4/h7,18-23,26H,5-6,8-16H2,1-4H3/t18-,19-,20-,21?,22?,23?,25+/m0/s1. The van der Waals surface area contributed by atoms with Crippen molar-refractivity contribution in [2.24, 2.45) is 40.4 Å². The number of allylic oxidation sites excluding steroid dienone is 1. The minimum absolute atomic E-state index is 0.0541. The Kier molecular flexibility index (Phi) is 5.08. The molecule has 0 aromatic rings. The summed E-state index contributed by atoms with van der Waals surface area (Å²) >= 11 is 0. The van der Waals surface area contributed by atoms with Crippen molar-refractivity contribution in [1.82, 2.24) is 0 Å². The van der Waals surface area contributed by atoms with Gasteiger partial charge in [0.1, 0.15) is 0 Å². The number of hydrogen-bond acceptors (Lipinski definition) is 1. The summed E-state index contributed by atoms with van der Waals surface area (Å²) in [7, 11) is 0. The molecule has 3 saturated carbocycles. The van der Waals surface area contributed by atoms with E-state index in [9.17, 15) is 5.11 Å². The zero-order valence-electron chi connectivity index (χ0n) is 17.8. The van der Waals surface area contributed by atoms with Crippen molar-refractivity contribution in [2.75, 3.05) is 0 Å². The normalized spacial score (nSPS) is 45.5. The number of hydrogen-bond donors (Lipinski definition) is 1. The highest BCUT2D eigenvalue weighted by Gasteiger charge is 2.55. The fourth-order valence-electron chi connectivity index (χ4n) is 7.71. The number of aliphatic hydroxyl groups excluding tert-OH is 1. The van der Waals surface area contributed by atoms with E-state index >= 15 is 0 Å². The Morgan fingerprint density at radius 1 is 1.08 bits per heavy atom. The summed E-state index contributed by atoms with van der Waals surface area (Å²) in [5.74, 6) is 4.67. The molecule has 1 N–H and O–H groups in total. The molecule has 3 fully saturated rings. The number of aliphatic hydroxyl groups is 1. The van der Waals surface area contributed by atoms with E-state index in [0.717, 1.165) is 42.4 Å². The van der Waals surface area contributed by atoms with Gasteiger partial charge in [-0.1, -0.05) is 45.8 Å². The van der Waals surface area contributed by atoms with Crippen LogP contribution in [0.25, 0.3) is 0 Å². The Morgan fingerprint density at radius 3 is 2.65 bits per heavy atom. The first-order chi connectivity index (χ1) is 12.3. The molecule has 7 atom stereocenters. The maximum atomic E-state index is 10.1. The smallest absolute Gasteiger partial charge is 0.0577 e. The first-order valence-corrected chi connectivity index (χ1v) is 11.6. The molecular weight excluding hydrogens is 316 g/mol. The lowest BCUT2D eigenvalue weighted by molar-refractivity contribution is -0.0203. The number of rotatable bonds is 3. The molecule has 0 bridgehead atoms. The van der Waals surface area contributed by atoms with Gasteiger partial charge in [-0.25, -0.2) is 0 Å². The minimum atomic E-state index is -0.0541. The van der Waals surface area contributed by atoms with Crippen molar-refractivity contribution in [2.45, 2.75) is 104 Å². The van der Waals surface area contributed by atoms with Gasteiger partial charge in [0.25, 0.3) is 0 Å². The second-order valence-electron chi connectivity index (χ2n) is 11.8. The van der Waals surface area contributed by atoms with Gasteiger partial charge < -0.3 is 5.11 Å². The summed E-state index contributed by atoms with van der Waals surface area (Å²) in [6.07, 6.45) is 17.3. The van der Waals surface area contributed by atoms with Crippen LogP contribution in [-0.4, -0.2) is 11.2 Å². The van der Waals surface area contributed by atoms with E-state index in [1.807, 2.05) is 0 Å². The summed E-state index contributed by atoms with van der Waals surface area (Å²) < 4.78 is 0. The molecule has 0 radical (unpaired) electrons. The third kappa shape index (κ3) is 3.43. The van der Waals surface area contributed by atoms with E-state index in [1.54, 1.807) is 5.57 Å². The summed E-state index contributed by atoms with van der Waals surface area (Å²) in [5, 5.41) is 10.1. The summed E-state index contributed by atoms with van der Waals surface area (Å²) in [4.78, 5) is 0. The average molecular weight is 359 g/mol. The van der Waals surface area contributed by atoms with Crippen molar-refractivity contribution < 1.29 is 5.11 Å². The van der Waals surface area contributed by atoms with E-state index in [1.165, 1.54) is 57.8 Å². The van der Waals surface area contributed by atoms with Crippen LogP contribution in [0.4, 0.5) is 0 Å². The highest BCUT2D eigenvalue weighted by Crippen LogP contribution is 2.64. The van der Waals surface area contributed by atoms with Gasteiger partial charge in [0, 0.05) is 0 Å². The Hall–Kier alpha value is -0.300. The van der Waals surface area contributed by atoms with E-state index in [4.69, 9.17) is 0 Å². The van der Waals surface area contributed by atoms with Crippen molar-refractivity contribution in [1.29, 1.82) is 0 Å². The summed E-state index contributed by atoms with van der Waals surface area (Å²) in [5.41, 5.74) is 2.75. The van der Waals surface area contributed by atoms with Crippen LogP contribution in [0.3, 0.4) is 0 Å². The van der Waals surface area contributed by atoms with Crippen molar-refractivity contribution in [3.05, 3.63) is 11.6 Å². The van der Waals surface area contributed by atoms with Gasteiger partial charge in [0.2, 0.25) is 0 Å². The van der Waals surface area contributed by atoms with E-state index in [2.05, 4.69) is 33.8 Å². The van der Waals surface area contributed by atoms with Crippen molar-refractivity contribution in [3.63, 3.8) is 0 Å². The van der Waals surface area contributed by atoms with Crippen LogP contribution >= 0.6 is 0 Å². The molecule has 1 nitrogen and oxygen atoms in total. The van der Waals surface area contributed by atoms with Crippen LogP contribution in [0.15, 0.2) is 11.6 Å². The molecule has 4 aliphatic rings. The molecule has 4 aliphatic carbocycles. The topological polar surface area (TPSA) is 20.2 Å². The highest BCUT2D eigenvalue weighted by molar-refractivity contribution is 5.20. The molecule has 0 aromatic carbocycles. The molecule has 0 heterocycles. The summed E-state index contributed by atoms with van der Waals surface area (Å²) in [6.45, 7) is 9.85. The third-order valence-electron chi connectivity index (χ3n) is 9.10.